The standard InChI is InChI=1S/C24H25N3O3/c1-15-11-16(13-17-7-6-10-30-17)23-19(12-15)22(18-8-4-5-9-20(18)26-23)24(29)27(3)14-21(28)25-2/h4-10,13,15H,11-12,14H2,1-3H3,(H,25,28)/b16-13-/t15-/m1/s1. The van der Waals surface area contributed by atoms with Crippen molar-refractivity contribution in [2.75, 3.05) is 20.6 Å². The van der Waals surface area contributed by atoms with Gasteiger partial charge in [0.25, 0.3) is 5.91 Å². The number of fused-ring (bicyclic) bond motifs is 2. The average molecular weight is 403 g/mol. The van der Waals surface area contributed by atoms with Crippen LogP contribution < -0.4 is 5.32 Å². The van der Waals surface area contributed by atoms with Crippen molar-refractivity contribution in [3.05, 3.63) is 65.2 Å². The van der Waals surface area contributed by atoms with Crippen LogP contribution in [0.15, 0.2) is 47.1 Å². The minimum absolute atomic E-state index is 0.00536. The van der Waals surface area contributed by atoms with Crippen molar-refractivity contribution in [3.63, 3.8) is 0 Å². The molecule has 30 heavy (non-hydrogen) atoms. The van der Waals surface area contributed by atoms with Crippen LogP contribution in [-0.4, -0.2) is 42.3 Å². The maximum Gasteiger partial charge on any atom is 0.255 e. The SMILES string of the molecule is CNC(=O)CN(C)C(=O)c1c2c(nc3ccccc13)/C(=C\c1ccco1)C[C@@H](C)C2. The van der Waals surface area contributed by atoms with Gasteiger partial charge in [-0.25, -0.2) is 4.98 Å². The number of hydrogen-bond acceptors (Lipinski definition) is 4. The second-order valence-electron chi connectivity index (χ2n) is 7.86. The fraction of sp³-hybridized carbons (Fsp3) is 0.292. The third kappa shape index (κ3) is 3.73. The largest absolute Gasteiger partial charge is 0.465 e. The van der Waals surface area contributed by atoms with Crippen LogP contribution in [0.25, 0.3) is 22.6 Å². The Kier molecular flexibility index (Phi) is 5.40. The Labute approximate surface area is 175 Å². The average Bonchev–Trinajstić information content (AvgIpc) is 3.24. The Morgan fingerprint density at radius 3 is 2.77 bits per heavy atom. The fourth-order valence-corrected chi connectivity index (χ4v) is 4.08. The summed E-state index contributed by atoms with van der Waals surface area (Å²) in [5.74, 6) is 0.756. The number of pyridine rings is 1. The van der Waals surface area contributed by atoms with Crippen LogP contribution in [-0.2, 0) is 11.2 Å². The number of carbonyl (C=O) groups is 2. The number of benzene rings is 1. The molecule has 6 nitrogen and oxygen atoms in total. The molecule has 2 amide bonds. The third-order valence-electron chi connectivity index (χ3n) is 5.50. The summed E-state index contributed by atoms with van der Waals surface area (Å²) in [6.45, 7) is 2.18. The molecule has 1 aromatic carbocycles. The summed E-state index contributed by atoms with van der Waals surface area (Å²) in [5, 5.41) is 3.39. The summed E-state index contributed by atoms with van der Waals surface area (Å²) in [4.78, 5) is 31.7. The summed E-state index contributed by atoms with van der Waals surface area (Å²) in [6, 6.07) is 11.5. The van der Waals surface area contributed by atoms with Crippen molar-refractivity contribution in [1.29, 1.82) is 0 Å². The molecule has 154 valence electrons. The molecule has 3 aromatic rings. The predicted molar refractivity (Wildman–Crippen MR) is 117 cm³/mol. The molecule has 0 unspecified atom stereocenters. The molecule has 0 saturated heterocycles. The van der Waals surface area contributed by atoms with Crippen LogP contribution >= 0.6 is 0 Å². The van der Waals surface area contributed by atoms with Gasteiger partial charge in [0.05, 0.1) is 29.6 Å². The lowest BCUT2D eigenvalue weighted by Gasteiger charge is -2.28. The van der Waals surface area contributed by atoms with E-state index in [0.29, 0.717) is 11.5 Å². The highest BCUT2D eigenvalue weighted by Gasteiger charge is 2.29. The zero-order valence-corrected chi connectivity index (χ0v) is 17.4. The van der Waals surface area contributed by atoms with Gasteiger partial charge in [0, 0.05) is 19.5 Å². The first-order valence-electron chi connectivity index (χ1n) is 10.1. The Morgan fingerprint density at radius 1 is 1.23 bits per heavy atom. The summed E-state index contributed by atoms with van der Waals surface area (Å²) in [7, 11) is 3.22. The van der Waals surface area contributed by atoms with Crippen LogP contribution in [0.2, 0.25) is 0 Å². The lowest BCUT2D eigenvalue weighted by Crippen LogP contribution is -2.37. The molecular weight excluding hydrogens is 378 g/mol. The second kappa shape index (κ2) is 8.14. The van der Waals surface area contributed by atoms with Crippen molar-refractivity contribution in [2.45, 2.75) is 19.8 Å². The molecular formula is C24H25N3O3. The number of para-hydroxylation sites is 1. The zero-order valence-electron chi connectivity index (χ0n) is 17.4. The summed E-state index contributed by atoms with van der Waals surface area (Å²) in [5.41, 5.74) is 4.26. The monoisotopic (exact) mass is 403 g/mol. The molecule has 0 radical (unpaired) electrons. The Morgan fingerprint density at radius 2 is 2.03 bits per heavy atom. The van der Waals surface area contributed by atoms with E-state index in [-0.39, 0.29) is 18.4 Å². The number of rotatable bonds is 4. The maximum absolute atomic E-state index is 13.5. The van der Waals surface area contributed by atoms with Gasteiger partial charge in [0.1, 0.15) is 5.76 Å². The van der Waals surface area contributed by atoms with E-state index >= 15 is 0 Å². The van der Waals surface area contributed by atoms with Gasteiger partial charge in [0.15, 0.2) is 0 Å². The van der Waals surface area contributed by atoms with Gasteiger partial charge in [-0.3, -0.25) is 9.59 Å². The van der Waals surface area contributed by atoms with Gasteiger partial charge in [-0.1, -0.05) is 25.1 Å². The molecule has 0 fully saturated rings. The lowest BCUT2D eigenvalue weighted by atomic mass is 9.80. The zero-order chi connectivity index (χ0) is 21.3. The molecule has 6 heteroatoms. The van der Waals surface area contributed by atoms with Crippen LogP contribution in [0.4, 0.5) is 0 Å². The molecule has 0 saturated carbocycles. The second-order valence-corrected chi connectivity index (χ2v) is 7.86. The topological polar surface area (TPSA) is 75.4 Å². The highest BCUT2D eigenvalue weighted by atomic mass is 16.3. The molecule has 0 spiro atoms. The van der Waals surface area contributed by atoms with Crippen molar-refractivity contribution in [3.8, 4) is 0 Å². The summed E-state index contributed by atoms with van der Waals surface area (Å²) in [6.07, 6.45) is 5.28. The van der Waals surface area contributed by atoms with E-state index in [0.717, 1.165) is 46.3 Å². The Hall–Kier alpha value is -3.41. The van der Waals surface area contributed by atoms with E-state index < -0.39 is 0 Å². The van der Waals surface area contributed by atoms with Crippen LogP contribution in [0, 0.1) is 5.92 Å². The molecule has 1 atom stereocenters. The number of amides is 2. The molecule has 1 N–H and O–H groups in total. The van der Waals surface area contributed by atoms with E-state index in [9.17, 15) is 9.59 Å². The number of likely N-dealkylation sites (N-methyl/N-ethyl adjacent to an activating group) is 2. The maximum atomic E-state index is 13.5. The van der Waals surface area contributed by atoms with Crippen molar-refractivity contribution in [1.82, 2.24) is 15.2 Å². The fourth-order valence-electron chi connectivity index (χ4n) is 4.08. The Balaban J connectivity index is 1.91. The molecule has 1 aliphatic carbocycles. The smallest absolute Gasteiger partial charge is 0.255 e. The van der Waals surface area contributed by atoms with E-state index in [1.165, 1.54) is 4.90 Å². The lowest BCUT2D eigenvalue weighted by molar-refractivity contribution is -0.121. The van der Waals surface area contributed by atoms with E-state index in [2.05, 4.69) is 12.2 Å². The first-order chi connectivity index (χ1) is 14.5. The van der Waals surface area contributed by atoms with Gasteiger partial charge in [-0.15, -0.1) is 0 Å². The number of nitrogens with one attached hydrogen (secondary N) is 1. The minimum Gasteiger partial charge on any atom is -0.465 e. The molecule has 2 heterocycles. The third-order valence-corrected chi connectivity index (χ3v) is 5.50. The van der Waals surface area contributed by atoms with Gasteiger partial charge < -0.3 is 14.6 Å². The van der Waals surface area contributed by atoms with Gasteiger partial charge in [-0.05, 0) is 54.2 Å². The first-order valence-corrected chi connectivity index (χ1v) is 10.1. The van der Waals surface area contributed by atoms with Crippen LogP contribution in [0.1, 0.15) is 40.7 Å². The number of nitrogens with zero attached hydrogens (tertiary/aromatic N) is 2. The van der Waals surface area contributed by atoms with Gasteiger partial charge in [-0.2, -0.15) is 0 Å². The van der Waals surface area contributed by atoms with Crippen molar-refractivity contribution < 1.29 is 14.0 Å². The highest BCUT2D eigenvalue weighted by molar-refractivity contribution is 6.09. The molecule has 2 aromatic heterocycles. The highest BCUT2D eigenvalue weighted by Crippen LogP contribution is 2.38. The predicted octanol–water partition coefficient (Wildman–Crippen LogP) is 3.77. The van der Waals surface area contributed by atoms with Crippen molar-refractivity contribution in [2.24, 2.45) is 5.92 Å². The number of hydrogen-bond donors (Lipinski definition) is 1. The van der Waals surface area contributed by atoms with Crippen molar-refractivity contribution >= 4 is 34.4 Å². The number of allylic oxidation sites excluding steroid dienone is 1. The normalized spacial score (nSPS) is 17.0. The summed E-state index contributed by atoms with van der Waals surface area (Å²) < 4.78 is 5.52. The summed E-state index contributed by atoms with van der Waals surface area (Å²) >= 11 is 0. The number of carbonyl (C=O) groups excluding carboxylic acids is 2. The quantitative estimate of drug-likeness (QED) is 0.720. The molecule has 0 bridgehead atoms. The Bertz CT molecular complexity index is 1130. The molecule has 4 rings (SSSR count). The van der Waals surface area contributed by atoms with E-state index in [1.54, 1.807) is 20.4 Å². The van der Waals surface area contributed by atoms with Crippen LogP contribution in [0.3, 0.4) is 0 Å². The van der Waals surface area contributed by atoms with Gasteiger partial charge >= 0.3 is 0 Å². The number of furan rings is 1. The van der Waals surface area contributed by atoms with E-state index in [4.69, 9.17) is 9.40 Å². The van der Waals surface area contributed by atoms with Crippen LogP contribution in [0.5, 0.6) is 0 Å². The molecule has 0 aliphatic heterocycles. The first kappa shape index (κ1) is 19.9. The van der Waals surface area contributed by atoms with Gasteiger partial charge in [0.2, 0.25) is 5.91 Å². The number of aromatic nitrogens is 1. The minimum atomic E-state index is -0.204. The van der Waals surface area contributed by atoms with E-state index in [1.807, 2.05) is 42.5 Å². The molecule has 1 aliphatic rings.